The standard InChI is InChI=1S/C14H17NO2/c1-10-4-3-5-11(2)14(10)16-9-13-7-6-12(8-15)17-13/h3-7H,8-9,15H2,1-2H3. The van der Waals surface area contributed by atoms with Gasteiger partial charge in [-0.1, -0.05) is 18.2 Å². The molecule has 90 valence electrons. The van der Waals surface area contributed by atoms with E-state index in [1.165, 1.54) is 0 Å². The van der Waals surface area contributed by atoms with Crippen molar-refractivity contribution >= 4 is 0 Å². The topological polar surface area (TPSA) is 48.4 Å². The lowest BCUT2D eigenvalue weighted by molar-refractivity contribution is 0.263. The first kappa shape index (κ1) is 11.7. The van der Waals surface area contributed by atoms with Crippen molar-refractivity contribution in [3.05, 3.63) is 53.0 Å². The number of ether oxygens (including phenoxy) is 1. The first-order chi connectivity index (χ1) is 8.20. The van der Waals surface area contributed by atoms with Gasteiger partial charge < -0.3 is 14.9 Å². The van der Waals surface area contributed by atoms with Crippen molar-refractivity contribution in [2.24, 2.45) is 5.73 Å². The van der Waals surface area contributed by atoms with Crippen LogP contribution < -0.4 is 10.5 Å². The maximum absolute atomic E-state index is 5.78. The number of benzene rings is 1. The van der Waals surface area contributed by atoms with Crippen molar-refractivity contribution < 1.29 is 9.15 Å². The van der Waals surface area contributed by atoms with Crippen LogP contribution in [-0.2, 0) is 13.2 Å². The van der Waals surface area contributed by atoms with Crippen LogP contribution in [0.2, 0.25) is 0 Å². The summed E-state index contributed by atoms with van der Waals surface area (Å²) >= 11 is 0. The predicted octanol–water partition coefficient (Wildman–Crippen LogP) is 2.93. The van der Waals surface area contributed by atoms with Gasteiger partial charge in [0.1, 0.15) is 23.9 Å². The molecule has 0 radical (unpaired) electrons. The average molecular weight is 231 g/mol. The van der Waals surface area contributed by atoms with E-state index in [-0.39, 0.29) is 0 Å². The van der Waals surface area contributed by atoms with Crippen LogP contribution in [0, 0.1) is 13.8 Å². The van der Waals surface area contributed by atoms with Crippen molar-refractivity contribution in [2.45, 2.75) is 27.0 Å². The molecular weight excluding hydrogens is 214 g/mol. The second-order valence-electron chi connectivity index (χ2n) is 4.08. The lowest BCUT2D eigenvalue weighted by Gasteiger charge is -2.10. The van der Waals surface area contributed by atoms with Gasteiger partial charge in [0.2, 0.25) is 0 Å². The summed E-state index contributed by atoms with van der Waals surface area (Å²) in [5.74, 6) is 2.51. The van der Waals surface area contributed by atoms with Crippen LogP contribution in [0.4, 0.5) is 0 Å². The van der Waals surface area contributed by atoms with Crippen LogP contribution in [0.3, 0.4) is 0 Å². The molecule has 3 nitrogen and oxygen atoms in total. The monoisotopic (exact) mass is 231 g/mol. The molecule has 0 aliphatic heterocycles. The Morgan fingerprint density at radius 3 is 2.29 bits per heavy atom. The van der Waals surface area contributed by atoms with Crippen LogP contribution in [0.5, 0.6) is 5.75 Å². The summed E-state index contributed by atoms with van der Waals surface area (Å²) in [4.78, 5) is 0. The van der Waals surface area contributed by atoms with Crippen LogP contribution in [0.25, 0.3) is 0 Å². The molecule has 0 fully saturated rings. The second kappa shape index (κ2) is 5.06. The molecule has 0 saturated carbocycles. The van der Waals surface area contributed by atoms with Gasteiger partial charge in [-0.3, -0.25) is 0 Å². The Balaban J connectivity index is 2.07. The highest BCUT2D eigenvalue weighted by Gasteiger charge is 2.05. The zero-order chi connectivity index (χ0) is 12.3. The lowest BCUT2D eigenvalue weighted by atomic mass is 10.1. The number of para-hydroxylation sites is 1. The maximum Gasteiger partial charge on any atom is 0.146 e. The number of hydrogen-bond donors (Lipinski definition) is 1. The van der Waals surface area contributed by atoms with Crippen LogP contribution in [-0.4, -0.2) is 0 Å². The van der Waals surface area contributed by atoms with Crippen molar-refractivity contribution in [1.82, 2.24) is 0 Å². The molecule has 2 N–H and O–H groups in total. The highest BCUT2D eigenvalue weighted by Crippen LogP contribution is 2.23. The highest BCUT2D eigenvalue weighted by atomic mass is 16.5. The summed E-state index contributed by atoms with van der Waals surface area (Å²) in [6.45, 7) is 4.93. The Morgan fingerprint density at radius 2 is 1.71 bits per heavy atom. The first-order valence-corrected chi connectivity index (χ1v) is 5.67. The van der Waals surface area contributed by atoms with E-state index in [9.17, 15) is 0 Å². The molecule has 1 heterocycles. The number of furan rings is 1. The summed E-state index contributed by atoms with van der Waals surface area (Å²) < 4.78 is 11.3. The molecule has 2 aromatic rings. The molecule has 3 heteroatoms. The minimum absolute atomic E-state index is 0.420. The summed E-state index contributed by atoms with van der Waals surface area (Å²) in [6, 6.07) is 9.88. The molecule has 0 aliphatic rings. The molecule has 1 aromatic carbocycles. The van der Waals surface area contributed by atoms with E-state index in [0.29, 0.717) is 13.2 Å². The molecular formula is C14H17NO2. The molecule has 0 saturated heterocycles. The van der Waals surface area contributed by atoms with E-state index >= 15 is 0 Å². The number of hydrogen-bond acceptors (Lipinski definition) is 3. The van der Waals surface area contributed by atoms with Gasteiger partial charge in [-0.15, -0.1) is 0 Å². The van der Waals surface area contributed by atoms with E-state index in [1.54, 1.807) is 0 Å². The number of rotatable bonds is 4. The predicted molar refractivity (Wildman–Crippen MR) is 66.8 cm³/mol. The molecule has 0 spiro atoms. The van der Waals surface area contributed by atoms with Crippen molar-refractivity contribution in [2.75, 3.05) is 0 Å². The fraction of sp³-hybridized carbons (Fsp3) is 0.286. The third-order valence-electron chi connectivity index (χ3n) is 2.69. The maximum atomic E-state index is 5.78. The van der Waals surface area contributed by atoms with Gasteiger partial charge >= 0.3 is 0 Å². The van der Waals surface area contributed by atoms with Gasteiger partial charge in [-0.25, -0.2) is 0 Å². The number of nitrogens with two attached hydrogens (primary N) is 1. The smallest absolute Gasteiger partial charge is 0.146 e. The van der Waals surface area contributed by atoms with Crippen molar-refractivity contribution in [3.63, 3.8) is 0 Å². The quantitative estimate of drug-likeness (QED) is 0.880. The molecule has 0 bridgehead atoms. The highest BCUT2D eigenvalue weighted by molar-refractivity contribution is 5.39. The average Bonchev–Trinajstić information content (AvgIpc) is 2.76. The fourth-order valence-corrected chi connectivity index (χ4v) is 1.78. The Kier molecular flexibility index (Phi) is 3.49. The SMILES string of the molecule is Cc1cccc(C)c1OCc1ccc(CN)o1. The summed E-state index contributed by atoms with van der Waals surface area (Å²) in [5.41, 5.74) is 7.75. The van der Waals surface area contributed by atoms with Gasteiger partial charge in [0.25, 0.3) is 0 Å². The van der Waals surface area contributed by atoms with Gasteiger partial charge in [0, 0.05) is 0 Å². The normalized spacial score (nSPS) is 10.5. The van der Waals surface area contributed by atoms with Gasteiger partial charge in [0.05, 0.1) is 6.54 Å². The minimum atomic E-state index is 0.420. The van der Waals surface area contributed by atoms with Gasteiger partial charge in [-0.05, 0) is 37.1 Å². The summed E-state index contributed by atoms with van der Waals surface area (Å²) in [7, 11) is 0. The molecule has 2 rings (SSSR count). The minimum Gasteiger partial charge on any atom is -0.485 e. The van der Waals surface area contributed by atoms with Crippen LogP contribution in [0.15, 0.2) is 34.7 Å². The fourth-order valence-electron chi connectivity index (χ4n) is 1.78. The van der Waals surface area contributed by atoms with Gasteiger partial charge in [-0.2, -0.15) is 0 Å². The molecule has 17 heavy (non-hydrogen) atoms. The summed E-state index contributed by atoms with van der Waals surface area (Å²) in [6.07, 6.45) is 0. The molecule has 0 aliphatic carbocycles. The van der Waals surface area contributed by atoms with E-state index in [2.05, 4.69) is 0 Å². The third-order valence-corrected chi connectivity index (χ3v) is 2.69. The number of aryl methyl sites for hydroxylation is 2. The van der Waals surface area contributed by atoms with Crippen LogP contribution >= 0.6 is 0 Å². The lowest BCUT2D eigenvalue weighted by Crippen LogP contribution is -1.98. The van der Waals surface area contributed by atoms with E-state index in [0.717, 1.165) is 28.4 Å². The third kappa shape index (κ3) is 2.68. The molecule has 1 aromatic heterocycles. The molecule has 0 amide bonds. The largest absolute Gasteiger partial charge is 0.485 e. The first-order valence-electron chi connectivity index (χ1n) is 5.67. The summed E-state index contributed by atoms with van der Waals surface area (Å²) in [5, 5.41) is 0. The Hall–Kier alpha value is -1.74. The zero-order valence-corrected chi connectivity index (χ0v) is 10.2. The van der Waals surface area contributed by atoms with E-state index < -0.39 is 0 Å². The molecule has 0 atom stereocenters. The van der Waals surface area contributed by atoms with Crippen molar-refractivity contribution in [1.29, 1.82) is 0 Å². The van der Waals surface area contributed by atoms with E-state index in [4.69, 9.17) is 14.9 Å². The van der Waals surface area contributed by atoms with Crippen LogP contribution in [0.1, 0.15) is 22.6 Å². The zero-order valence-electron chi connectivity index (χ0n) is 10.2. The molecule has 0 unspecified atom stereocenters. The van der Waals surface area contributed by atoms with Crippen molar-refractivity contribution in [3.8, 4) is 5.75 Å². The Bertz CT molecular complexity index is 482. The Morgan fingerprint density at radius 1 is 1.06 bits per heavy atom. The Labute approximate surface area is 101 Å². The van der Waals surface area contributed by atoms with Gasteiger partial charge in [0.15, 0.2) is 0 Å². The van der Waals surface area contributed by atoms with E-state index in [1.807, 2.05) is 44.2 Å². The second-order valence-corrected chi connectivity index (χ2v) is 4.08.